The normalized spacial score (nSPS) is 10.8. The Bertz CT molecular complexity index is 513. The van der Waals surface area contributed by atoms with Gasteiger partial charge in [0.1, 0.15) is 12.2 Å². The van der Waals surface area contributed by atoms with Crippen molar-refractivity contribution in [1.29, 1.82) is 0 Å². The predicted molar refractivity (Wildman–Crippen MR) is 78.5 cm³/mol. The van der Waals surface area contributed by atoms with E-state index in [0.717, 1.165) is 11.5 Å². The van der Waals surface area contributed by atoms with Crippen LogP contribution in [0.5, 0.6) is 0 Å². The first-order chi connectivity index (χ1) is 9.08. The standard InChI is InChI=1S/C14H21N5/c1-11(2)19-14(16-10-17-19)9-15-12-5-7-13(8-6-12)18(3)4/h5-8,10-11,15H,9H2,1-4H3. The maximum absolute atomic E-state index is 4.28. The molecular formula is C14H21N5. The summed E-state index contributed by atoms with van der Waals surface area (Å²) in [5, 5.41) is 7.59. The Kier molecular flexibility index (Phi) is 4.04. The molecule has 0 fully saturated rings. The zero-order valence-corrected chi connectivity index (χ0v) is 12.0. The molecule has 0 saturated heterocycles. The zero-order chi connectivity index (χ0) is 13.8. The number of anilines is 2. The highest BCUT2D eigenvalue weighted by Crippen LogP contribution is 2.16. The number of nitrogens with zero attached hydrogens (tertiary/aromatic N) is 4. The van der Waals surface area contributed by atoms with Crippen molar-refractivity contribution in [2.45, 2.75) is 26.4 Å². The highest BCUT2D eigenvalue weighted by atomic mass is 15.4. The van der Waals surface area contributed by atoms with Gasteiger partial charge in [-0.25, -0.2) is 9.67 Å². The second kappa shape index (κ2) is 5.73. The third kappa shape index (κ3) is 3.24. The van der Waals surface area contributed by atoms with E-state index in [1.807, 2.05) is 18.8 Å². The molecular weight excluding hydrogens is 238 g/mol. The van der Waals surface area contributed by atoms with Crippen LogP contribution in [-0.4, -0.2) is 28.9 Å². The van der Waals surface area contributed by atoms with E-state index in [4.69, 9.17) is 0 Å². The molecule has 2 aromatic rings. The monoisotopic (exact) mass is 259 g/mol. The van der Waals surface area contributed by atoms with Crippen molar-refractivity contribution >= 4 is 11.4 Å². The fraction of sp³-hybridized carbons (Fsp3) is 0.429. The molecule has 0 unspecified atom stereocenters. The third-order valence-corrected chi connectivity index (χ3v) is 2.97. The molecule has 2 rings (SSSR count). The summed E-state index contributed by atoms with van der Waals surface area (Å²) in [5.41, 5.74) is 2.28. The van der Waals surface area contributed by atoms with Gasteiger partial charge in [-0.2, -0.15) is 5.10 Å². The molecule has 5 nitrogen and oxygen atoms in total. The quantitative estimate of drug-likeness (QED) is 0.896. The predicted octanol–water partition coefficient (Wildman–Crippen LogP) is 2.54. The van der Waals surface area contributed by atoms with Crippen molar-refractivity contribution in [1.82, 2.24) is 14.8 Å². The average Bonchev–Trinajstić information content (AvgIpc) is 2.85. The molecule has 0 aliphatic rings. The van der Waals surface area contributed by atoms with Gasteiger partial charge in [-0.3, -0.25) is 0 Å². The van der Waals surface area contributed by atoms with Crippen LogP contribution in [0.2, 0.25) is 0 Å². The van der Waals surface area contributed by atoms with E-state index in [-0.39, 0.29) is 0 Å². The topological polar surface area (TPSA) is 46.0 Å². The van der Waals surface area contributed by atoms with E-state index in [9.17, 15) is 0 Å². The molecule has 0 spiro atoms. The lowest BCUT2D eigenvalue weighted by Gasteiger charge is -2.14. The smallest absolute Gasteiger partial charge is 0.146 e. The molecule has 102 valence electrons. The number of benzene rings is 1. The van der Waals surface area contributed by atoms with E-state index in [1.54, 1.807) is 6.33 Å². The number of aromatic nitrogens is 3. The fourth-order valence-corrected chi connectivity index (χ4v) is 1.89. The molecule has 1 heterocycles. The largest absolute Gasteiger partial charge is 0.378 e. The van der Waals surface area contributed by atoms with Crippen molar-refractivity contribution in [3.63, 3.8) is 0 Å². The summed E-state index contributed by atoms with van der Waals surface area (Å²) in [6.07, 6.45) is 1.60. The summed E-state index contributed by atoms with van der Waals surface area (Å²) in [7, 11) is 4.07. The minimum Gasteiger partial charge on any atom is -0.378 e. The van der Waals surface area contributed by atoms with Crippen LogP contribution in [0.4, 0.5) is 11.4 Å². The van der Waals surface area contributed by atoms with Crippen molar-refractivity contribution in [3.8, 4) is 0 Å². The van der Waals surface area contributed by atoms with Gasteiger partial charge in [0, 0.05) is 31.5 Å². The van der Waals surface area contributed by atoms with Gasteiger partial charge in [-0.05, 0) is 38.1 Å². The SMILES string of the molecule is CC(C)n1ncnc1CNc1ccc(N(C)C)cc1. The van der Waals surface area contributed by atoms with Crippen LogP contribution in [0.25, 0.3) is 0 Å². The Morgan fingerprint density at radius 1 is 1.21 bits per heavy atom. The Morgan fingerprint density at radius 2 is 1.89 bits per heavy atom. The summed E-state index contributed by atoms with van der Waals surface area (Å²) in [6.45, 7) is 4.88. The maximum Gasteiger partial charge on any atom is 0.146 e. The average molecular weight is 259 g/mol. The molecule has 0 atom stereocenters. The van der Waals surface area contributed by atoms with Crippen molar-refractivity contribution in [2.75, 3.05) is 24.3 Å². The van der Waals surface area contributed by atoms with Crippen LogP contribution in [0.15, 0.2) is 30.6 Å². The number of rotatable bonds is 5. The molecule has 0 aliphatic carbocycles. The Labute approximate surface area is 114 Å². The minimum atomic E-state index is 0.329. The van der Waals surface area contributed by atoms with Crippen molar-refractivity contribution in [3.05, 3.63) is 36.4 Å². The lowest BCUT2D eigenvalue weighted by Crippen LogP contribution is -2.12. The lowest BCUT2D eigenvalue weighted by atomic mass is 10.2. The Morgan fingerprint density at radius 3 is 2.47 bits per heavy atom. The van der Waals surface area contributed by atoms with Gasteiger partial charge in [0.2, 0.25) is 0 Å². The summed E-state index contributed by atoms with van der Waals surface area (Å²) >= 11 is 0. The van der Waals surface area contributed by atoms with Crippen LogP contribution in [-0.2, 0) is 6.54 Å². The second-order valence-electron chi connectivity index (χ2n) is 5.01. The summed E-state index contributed by atoms with van der Waals surface area (Å²) in [5.74, 6) is 0.951. The van der Waals surface area contributed by atoms with Crippen LogP contribution in [0.3, 0.4) is 0 Å². The molecule has 1 aromatic heterocycles. The van der Waals surface area contributed by atoms with Crippen LogP contribution < -0.4 is 10.2 Å². The van der Waals surface area contributed by atoms with Gasteiger partial charge in [-0.15, -0.1) is 0 Å². The van der Waals surface area contributed by atoms with E-state index in [0.29, 0.717) is 12.6 Å². The maximum atomic E-state index is 4.28. The molecule has 1 aromatic carbocycles. The summed E-state index contributed by atoms with van der Waals surface area (Å²) < 4.78 is 1.93. The second-order valence-corrected chi connectivity index (χ2v) is 5.01. The summed E-state index contributed by atoms with van der Waals surface area (Å²) in [6, 6.07) is 8.66. The number of hydrogen-bond acceptors (Lipinski definition) is 4. The Balaban J connectivity index is 2.00. The lowest BCUT2D eigenvalue weighted by molar-refractivity contribution is 0.509. The van der Waals surface area contributed by atoms with Gasteiger partial charge < -0.3 is 10.2 Å². The molecule has 0 amide bonds. The van der Waals surface area contributed by atoms with Crippen LogP contribution in [0, 0.1) is 0 Å². The third-order valence-electron chi connectivity index (χ3n) is 2.97. The molecule has 19 heavy (non-hydrogen) atoms. The first kappa shape index (κ1) is 13.4. The van der Waals surface area contributed by atoms with E-state index in [1.165, 1.54) is 5.69 Å². The van der Waals surface area contributed by atoms with Gasteiger partial charge in [-0.1, -0.05) is 0 Å². The molecule has 0 saturated carbocycles. The number of hydrogen-bond donors (Lipinski definition) is 1. The molecule has 0 radical (unpaired) electrons. The highest BCUT2D eigenvalue weighted by molar-refractivity contribution is 5.54. The van der Waals surface area contributed by atoms with E-state index < -0.39 is 0 Å². The minimum absolute atomic E-state index is 0.329. The zero-order valence-electron chi connectivity index (χ0n) is 12.0. The van der Waals surface area contributed by atoms with Crippen LogP contribution in [0.1, 0.15) is 25.7 Å². The molecule has 0 aliphatic heterocycles. The molecule has 0 bridgehead atoms. The van der Waals surface area contributed by atoms with Crippen LogP contribution >= 0.6 is 0 Å². The van der Waals surface area contributed by atoms with Gasteiger partial charge >= 0.3 is 0 Å². The van der Waals surface area contributed by atoms with Gasteiger partial charge in [0.25, 0.3) is 0 Å². The fourth-order valence-electron chi connectivity index (χ4n) is 1.89. The summed E-state index contributed by atoms with van der Waals surface area (Å²) in [4.78, 5) is 6.36. The first-order valence-electron chi connectivity index (χ1n) is 6.47. The highest BCUT2D eigenvalue weighted by Gasteiger charge is 2.06. The van der Waals surface area contributed by atoms with Crippen molar-refractivity contribution in [2.24, 2.45) is 0 Å². The van der Waals surface area contributed by atoms with Crippen molar-refractivity contribution < 1.29 is 0 Å². The Hall–Kier alpha value is -2.04. The van der Waals surface area contributed by atoms with E-state index >= 15 is 0 Å². The number of nitrogens with one attached hydrogen (secondary N) is 1. The molecule has 5 heteroatoms. The van der Waals surface area contributed by atoms with E-state index in [2.05, 4.69) is 58.4 Å². The first-order valence-corrected chi connectivity index (χ1v) is 6.47. The van der Waals surface area contributed by atoms with Gasteiger partial charge in [0.15, 0.2) is 0 Å². The molecule has 1 N–H and O–H groups in total. The van der Waals surface area contributed by atoms with Gasteiger partial charge in [0.05, 0.1) is 6.54 Å².